The van der Waals surface area contributed by atoms with E-state index in [0.717, 1.165) is 33.1 Å². The number of rotatable bonds is 5. The fraction of sp³-hybridized carbons (Fsp3) is 0. The first-order valence-electron chi connectivity index (χ1n) is 18.9. The van der Waals surface area contributed by atoms with E-state index in [1.165, 1.54) is 73.2 Å². The van der Waals surface area contributed by atoms with Crippen molar-refractivity contribution >= 4 is 115 Å². The largest absolute Gasteiger partial charge is 0.455 e. The molecular formula is C52H32OSSi. The second-order valence-electron chi connectivity index (χ2n) is 14.8. The molecule has 256 valence electrons. The fourth-order valence-electron chi connectivity index (χ4n) is 9.56. The van der Waals surface area contributed by atoms with E-state index in [1.807, 2.05) is 11.3 Å². The van der Waals surface area contributed by atoms with Gasteiger partial charge in [-0.2, -0.15) is 0 Å². The van der Waals surface area contributed by atoms with Crippen LogP contribution >= 0.6 is 11.3 Å². The molecule has 10 aromatic carbocycles. The van der Waals surface area contributed by atoms with Crippen molar-refractivity contribution in [3.8, 4) is 11.1 Å². The Morgan fingerprint density at radius 3 is 1.67 bits per heavy atom. The Balaban J connectivity index is 1.15. The zero-order valence-electron chi connectivity index (χ0n) is 29.8. The average molecular weight is 733 g/mol. The quantitative estimate of drug-likeness (QED) is 0.0975. The van der Waals surface area contributed by atoms with Gasteiger partial charge >= 0.3 is 0 Å². The van der Waals surface area contributed by atoms with Crippen LogP contribution in [0.1, 0.15) is 0 Å². The van der Waals surface area contributed by atoms with Gasteiger partial charge in [-0.15, -0.1) is 11.3 Å². The third kappa shape index (κ3) is 4.39. The number of hydrogen-bond acceptors (Lipinski definition) is 2. The zero-order valence-corrected chi connectivity index (χ0v) is 31.6. The molecule has 0 radical (unpaired) electrons. The molecule has 0 amide bonds. The number of fused-ring (bicyclic) bond motifs is 7. The van der Waals surface area contributed by atoms with Crippen LogP contribution in [-0.4, -0.2) is 8.07 Å². The standard InChI is InChI=1S/C52H32OSSi/c1-3-15-38(16-4-1)55(39-17-5-2-6-18-39,41-31-36-26-24-33-12-9-13-34-25-27-37(32-41)49(36)48(33)34)40-19-10-14-35(30-40)42-21-11-22-43-44-28-29-47-50(52(44)53-51(42)43)45-20-7-8-23-46(45)54-47/h1-32H. The molecule has 0 unspecified atom stereocenters. The predicted molar refractivity (Wildman–Crippen MR) is 239 cm³/mol. The Kier molecular flexibility index (Phi) is 6.59. The van der Waals surface area contributed by atoms with Crippen molar-refractivity contribution in [2.75, 3.05) is 0 Å². The summed E-state index contributed by atoms with van der Waals surface area (Å²) in [7, 11) is -2.90. The van der Waals surface area contributed by atoms with Crippen molar-refractivity contribution in [3.63, 3.8) is 0 Å². The summed E-state index contributed by atoms with van der Waals surface area (Å²) in [5.41, 5.74) is 4.18. The summed E-state index contributed by atoms with van der Waals surface area (Å²) in [5.74, 6) is 0. The van der Waals surface area contributed by atoms with Crippen molar-refractivity contribution in [1.82, 2.24) is 0 Å². The van der Waals surface area contributed by atoms with Gasteiger partial charge in [0.2, 0.25) is 0 Å². The monoisotopic (exact) mass is 732 g/mol. The Hall–Kier alpha value is -6.52. The van der Waals surface area contributed by atoms with Crippen LogP contribution in [0.25, 0.3) is 85.6 Å². The molecule has 12 aromatic rings. The van der Waals surface area contributed by atoms with Crippen molar-refractivity contribution in [1.29, 1.82) is 0 Å². The minimum absolute atomic E-state index is 0.937. The Labute approximate surface area is 322 Å². The number of para-hydroxylation sites is 1. The van der Waals surface area contributed by atoms with Crippen LogP contribution in [0.15, 0.2) is 199 Å². The van der Waals surface area contributed by atoms with Crippen molar-refractivity contribution < 1.29 is 4.42 Å². The van der Waals surface area contributed by atoms with Gasteiger partial charge in [0, 0.05) is 36.5 Å². The molecule has 1 nitrogen and oxygen atoms in total. The highest BCUT2D eigenvalue weighted by Crippen LogP contribution is 2.43. The summed E-state index contributed by atoms with van der Waals surface area (Å²) < 4.78 is 9.57. The van der Waals surface area contributed by atoms with Crippen LogP contribution < -0.4 is 20.7 Å². The molecule has 0 aliphatic carbocycles. The molecule has 0 aliphatic rings. The van der Waals surface area contributed by atoms with Crippen LogP contribution in [0.2, 0.25) is 0 Å². The summed E-state index contributed by atoms with van der Waals surface area (Å²) in [4.78, 5) is 0. The Bertz CT molecular complexity index is 3330. The maximum Gasteiger partial charge on any atom is 0.179 e. The van der Waals surface area contributed by atoms with Crippen LogP contribution in [0, 0.1) is 0 Å². The molecule has 0 bridgehead atoms. The van der Waals surface area contributed by atoms with Crippen LogP contribution in [-0.2, 0) is 0 Å². The SMILES string of the molecule is c1ccc([Si](c2ccccc2)(c2cccc(-c3cccc4c3oc3c4ccc4sc5ccccc5c43)c2)c2cc3ccc4cccc5ccc(c2)c3c45)cc1. The highest BCUT2D eigenvalue weighted by molar-refractivity contribution is 7.26. The molecule has 0 fully saturated rings. The van der Waals surface area contributed by atoms with E-state index in [9.17, 15) is 0 Å². The van der Waals surface area contributed by atoms with E-state index in [1.54, 1.807) is 0 Å². The molecule has 55 heavy (non-hydrogen) atoms. The highest BCUT2D eigenvalue weighted by Gasteiger charge is 2.42. The molecule has 12 rings (SSSR count). The van der Waals surface area contributed by atoms with Gasteiger partial charge in [-0.25, -0.2) is 0 Å². The van der Waals surface area contributed by atoms with Gasteiger partial charge in [0.25, 0.3) is 0 Å². The van der Waals surface area contributed by atoms with Crippen LogP contribution in [0.4, 0.5) is 0 Å². The van der Waals surface area contributed by atoms with Gasteiger partial charge in [0.15, 0.2) is 8.07 Å². The first kappa shape index (κ1) is 30.9. The summed E-state index contributed by atoms with van der Waals surface area (Å²) in [6, 6.07) is 72.6. The average Bonchev–Trinajstić information content (AvgIpc) is 3.83. The number of benzene rings is 10. The summed E-state index contributed by atoms with van der Waals surface area (Å²) in [5, 5.41) is 18.1. The lowest BCUT2D eigenvalue weighted by Crippen LogP contribution is -2.74. The third-order valence-corrected chi connectivity index (χ3v) is 17.8. The molecule has 0 atom stereocenters. The molecule has 2 aromatic heterocycles. The van der Waals surface area contributed by atoms with Crippen LogP contribution in [0.5, 0.6) is 0 Å². The minimum atomic E-state index is -2.90. The van der Waals surface area contributed by atoms with E-state index < -0.39 is 8.07 Å². The van der Waals surface area contributed by atoms with Crippen molar-refractivity contribution in [2.24, 2.45) is 0 Å². The fourth-order valence-corrected chi connectivity index (χ4v) is 15.5. The zero-order chi connectivity index (χ0) is 36.1. The third-order valence-electron chi connectivity index (χ3n) is 11.9. The maximum absolute atomic E-state index is 7.03. The second kappa shape index (κ2) is 11.7. The topological polar surface area (TPSA) is 13.1 Å². The van der Waals surface area contributed by atoms with Gasteiger partial charge in [-0.05, 0) is 76.8 Å². The lowest BCUT2D eigenvalue weighted by molar-refractivity contribution is 0.674. The molecule has 3 heteroatoms. The lowest BCUT2D eigenvalue weighted by Gasteiger charge is -2.35. The highest BCUT2D eigenvalue weighted by atomic mass is 32.1. The second-order valence-corrected chi connectivity index (χ2v) is 19.7. The molecule has 0 saturated carbocycles. The Morgan fingerprint density at radius 1 is 0.345 bits per heavy atom. The first-order chi connectivity index (χ1) is 27.3. The van der Waals surface area contributed by atoms with E-state index in [2.05, 4.69) is 194 Å². The molecule has 0 aliphatic heterocycles. The molecular weight excluding hydrogens is 701 g/mol. The Morgan fingerprint density at radius 2 is 0.927 bits per heavy atom. The molecule has 0 spiro atoms. The van der Waals surface area contributed by atoms with E-state index in [0.29, 0.717) is 0 Å². The first-order valence-corrected chi connectivity index (χ1v) is 21.7. The molecule has 2 heterocycles. The minimum Gasteiger partial charge on any atom is -0.455 e. The smallest absolute Gasteiger partial charge is 0.179 e. The predicted octanol–water partition coefficient (Wildman–Crippen LogP) is 11.9. The summed E-state index contributed by atoms with van der Waals surface area (Å²) >= 11 is 1.83. The van der Waals surface area contributed by atoms with Crippen molar-refractivity contribution in [3.05, 3.63) is 194 Å². The van der Waals surface area contributed by atoms with E-state index in [4.69, 9.17) is 4.42 Å². The molecule has 0 saturated heterocycles. The number of hydrogen-bond donors (Lipinski definition) is 0. The number of thiophene rings is 1. The maximum atomic E-state index is 7.03. The molecule has 0 N–H and O–H groups in total. The summed E-state index contributed by atoms with van der Waals surface area (Å²) in [6.07, 6.45) is 0. The lowest BCUT2D eigenvalue weighted by atomic mass is 9.94. The van der Waals surface area contributed by atoms with Gasteiger partial charge in [-0.3, -0.25) is 0 Å². The van der Waals surface area contributed by atoms with E-state index >= 15 is 0 Å². The van der Waals surface area contributed by atoms with Gasteiger partial charge in [0.1, 0.15) is 11.2 Å². The van der Waals surface area contributed by atoms with Gasteiger partial charge in [-0.1, -0.05) is 176 Å². The van der Waals surface area contributed by atoms with Gasteiger partial charge in [0.05, 0.1) is 0 Å². The summed E-state index contributed by atoms with van der Waals surface area (Å²) in [6.45, 7) is 0. The van der Waals surface area contributed by atoms with E-state index in [-0.39, 0.29) is 0 Å². The van der Waals surface area contributed by atoms with Gasteiger partial charge < -0.3 is 4.42 Å². The normalized spacial score (nSPS) is 12.4. The number of furan rings is 1. The van der Waals surface area contributed by atoms with Crippen molar-refractivity contribution in [2.45, 2.75) is 0 Å². The van der Waals surface area contributed by atoms with Crippen LogP contribution in [0.3, 0.4) is 0 Å².